The number of carbonyl (C=O) groups excluding carboxylic acids is 1. The average molecular weight is 557 g/mol. The Hall–Kier alpha value is -1.86. The molecule has 3 aromatic carbocycles. The van der Waals surface area contributed by atoms with Gasteiger partial charge in [-0.3, -0.25) is 4.79 Å². The minimum atomic E-state index is -0.313. The fourth-order valence-corrected chi connectivity index (χ4v) is 4.00. The topological polar surface area (TPSA) is 50.7 Å². The van der Waals surface area contributed by atoms with Crippen molar-refractivity contribution in [2.45, 2.75) is 6.61 Å². The fourth-order valence-electron chi connectivity index (χ4n) is 2.42. The van der Waals surface area contributed by atoms with Crippen LogP contribution in [-0.2, 0) is 6.61 Å². The maximum absolute atomic E-state index is 12.1. The molecule has 0 aromatic heterocycles. The summed E-state index contributed by atoms with van der Waals surface area (Å²) in [4.78, 5) is 12.1. The third-order valence-electron chi connectivity index (χ3n) is 3.82. The zero-order chi connectivity index (χ0) is 20.8. The summed E-state index contributed by atoms with van der Waals surface area (Å²) in [5.41, 5.74) is 4.54. The van der Waals surface area contributed by atoms with Gasteiger partial charge in [-0.15, -0.1) is 0 Å². The number of amides is 1. The van der Waals surface area contributed by atoms with Gasteiger partial charge >= 0.3 is 0 Å². The van der Waals surface area contributed by atoms with Crippen molar-refractivity contribution in [3.63, 3.8) is 0 Å². The molecule has 148 valence electrons. The SMILES string of the molecule is O=C(N/N=C\c1cc(Cl)c(OCc2ccccc2Cl)c(Br)c1)c1cccc(Br)c1. The second kappa shape index (κ2) is 10.3. The van der Waals surface area contributed by atoms with Crippen LogP contribution in [0.15, 0.2) is 74.7 Å². The molecule has 0 aliphatic heterocycles. The summed E-state index contributed by atoms with van der Waals surface area (Å²) in [7, 11) is 0. The summed E-state index contributed by atoms with van der Waals surface area (Å²) in [6.45, 7) is 0.286. The molecule has 1 N–H and O–H groups in total. The Morgan fingerprint density at radius 1 is 1.03 bits per heavy atom. The Morgan fingerprint density at radius 3 is 2.55 bits per heavy atom. The summed E-state index contributed by atoms with van der Waals surface area (Å²) < 4.78 is 7.30. The van der Waals surface area contributed by atoms with E-state index in [1.165, 1.54) is 6.21 Å². The first-order valence-electron chi connectivity index (χ1n) is 8.38. The summed E-state index contributed by atoms with van der Waals surface area (Å²) in [5.74, 6) is 0.189. The van der Waals surface area contributed by atoms with Gasteiger partial charge in [0.2, 0.25) is 0 Å². The molecule has 0 aliphatic carbocycles. The zero-order valence-corrected chi connectivity index (χ0v) is 19.5. The van der Waals surface area contributed by atoms with Crippen LogP contribution < -0.4 is 10.2 Å². The van der Waals surface area contributed by atoms with E-state index in [-0.39, 0.29) is 12.5 Å². The fraction of sp³-hybridized carbons (Fsp3) is 0.0476. The van der Waals surface area contributed by atoms with Crippen LogP contribution in [0.2, 0.25) is 10.0 Å². The van der Waals surface area contributed by atoms with Crippen molar-refractivity contribution < 1.29 is 9.53 Å². The number of rotatable bonds is 6. The number of halogens is 4. The number of nitrogens with one attached hydrogen (secondary N) is 1. The lowest BCUT2D eigenvalue weighted by Gasteiger charge is -2.12. The smallest absolute Gasteiger partial charge is 0.271 e. The van der Waals surface area contributed by atoms with Gasteiger partial charge in [0.1, 0.15) is 6.61 Å². The molecule has 0 unspecified atom stereocenters. The van der Waals surface area contributed by atoms with E-state index in [0.29, 0.717) is 31.4 Å². The van der Waals surface area contributed by atoms with Gasteiger partial charge in [0.25, 0.3) is 5.91 Å². The number of carbonyl (C=O) groups is 1. The average Bonchev–Trinajstić information content (AvgIpc) is 2.68. The number of nitrogens with zero attached hydrogens (tertiary/aromatic N) is 1. The number of hydrazone groups is 1. The molecule has 0 heterocycles. The highest BCUT2D eigenvalue weighted by Gasteiger charge is 2.10. The zero-order valence-electron chi connectivity index (χ0n) is 14.8. The third kappa shape index (κ3) is 6.06. The number of hydrogen-bond donors (Lipinski definition) is 1. The Labute approximate surface area is 195 Å². The first kappa shape index (κ1) is 21.8. The second-order valence-electron chi connectivity index (χ2n) is 5.90. The van der Waals surface area contributed by atoms with Crippen molar-refractivity contribution in [1.82, 2.24) is 5.43 Å². The standard InChI is InChI=1S/C21H14Br2Cl2N2O2/c22-16-6-3-5-14(10-16)21(28)27-26-11-13-8-17(23)20(19(25)9-13)29-12-15-4-1-2-7-18(15)24/h1-11H,12H2,(H,27,28)/b26-11-. The van der Waals surface area contributed by atoms with E-state index >= 15 is 0 Å². The van der Waals surface area contributed by atoms with Crippen molar-refractivity contribution in [3.8, 4) is 5.75 Å². The van der Waals surface area contributed by atoms with Gasteiger partial charge in [0.05, 0.1) is 15.7 Å². The van der Waals surface area contributed by atoms with Crippen LogP contribution in [0.5, 0.6) is 5.75 Å². The molecule has 4 nitrogen and oxygen atoms in total. The highest BCUT2D eigenvalue weighted by atomic mass is 79.9. The van der Waals surface area contributed by atoms with E-state index in [0.717, 1.165) is 10.0 Å². The monoisotopic (exact) mass is 554 g/mol. The maximum Gasteiger partial charge on any atom is 0.271 e. The molecule has 3 aromatic rings. The summed E-state index contributed by atoms with van der Waals surface area (Å²) in [6.07, 6.45) is 1.50. The molecular weight excluding hydrogens is 543 g/mol. The molecular formula is C21H14Br2Cl2N2O2. The summed E-state index contributed by atoms with van der Waals surface area (Å²) in [6, 6.07) is 18.0. The predicted molar refractivity (Wildman–Crippen MR) is 124 cm³/mol. The van der Waals surface area contributed by atoms with E-state index in [2.05, 4.69) is 42.4 Å². The van der Waals surface area contributed by atoms with E-state index < -0.39 is 0 Å². The first-order valence-corrected chi connectivity index (χ1v) is 10.7. The third-order valence-corrected chi connectivity index (χ3v) is 5.55. The Balaban J connectivity index is 1.66. The molecule has 3 rings (SSSR count). The number of benzene rings is 3. The van der Waals surface area contributed by atoms with Crippen molar-refractivity contribution in [2.75, 3.05) is 0 Å². The molecule has 0 atom stereocenters. The van der Waals surface area contributed by atoms with Gasteiger partial charge in [-0.1, -0.05) is 63.4 Å². The molecule has 0 saturated carbocycles. The molecule has 0 radical (unpaired) electrons. The van der Waals surface area contributed by atoms with Crippen LogP contribution in [0.4, 0.5) is 0 Å². The lowest BCUT2D eigenvalue weighted by molar-refractivity contribution is 0.0955. The Kier molecular flexibility index (Phi) is 7.72. The van der Waals surface area contributed by atoms with E-state index in [1.54, 1.807) is 36.4 Å². The van der Waals surface area contributed by atoms with Gasteiger partial charge in [-0.2, -0.15) is 5.10 Å². The van der Waals surface area contributed by atoms with Crippen LogP contribution in [-0.4, -0.2) is 12.1 Å². The molecule has 0 saturated heterocycles. The van der Waals surface area contributed by atoms with Crippen molar-refractivity contribution >= 4 is 67.2 Å². The van der Waals surface area contributed by atoms with E-state index in [1.807, 2.05) is 24.3 Å². The highest BCUT2D eigenvalue weighted by molar-refractivity contribution is 9.10. The summed E-state index contributed by atoms with van der Waals surface area (Å²) >= 11 is 19.3. The normalized spacial score (nSPS) is 10.9. The summed E-state index contributed by atoms with van der Waals surface area (Å²) in [5, 5.41) is 5.02. The van der Waals surface area contributed by atoms with Crippen LogP contribution in [0.25, 0.3) is 0 Å². The maximum atomic E-state index is 12.1. The predicted octanol–water partition coefficient (Wildman–Crippen LogP) is 6.86. The van der Waals surface area contributed by atoms with Gasteiger partial charge in [0.15, 0.2) is 5.75 Å². The number of hydrogen-bond acceptors (Lipinski definition) is 3. The molecule has 0 fully saturated rings. The first-order chi connectivity index (χ1) is 13.9. The largest absolute Gasteiger partial charge is 0.486 e. The molecule has 0 spiro atoms. The Morgan fingerprint density at radius 2 is 1.83 bits per heavy atom. The van der Waals surface area contributed by atoms with Gasteiger partial charge in [-0.05, 0) is 57.9 Å². The van der Waals surface area contributed by atoms with Crippen molar-refractivity contribution in [3.05, 3.63) is 96.3 Å². The van der Waals surface area contributed by atoms with Crippen molar-refractivity contribution in [2.24, 2.45) is 5.10 Å². The lowest BCUT2D eigenvalue weighted by atomic mass is 10.2. The number of ether oxygens (including phenoxy) is 1. The van der Waals surface area contributed by atoms with Crippen LogP contribution in [0.1, 0.15) is 21.5 Å². The Bertz CT molecular complexity index is 1050. The van der Waals surface area contributed by atoms with Gasteiger partial charge < -0.3 is 4.74 Å². The quantitative estimate of drug-likeness (QED) is 0.266. The second-order valence-corrected chi connectivity index (χ2v) is 8.49. The molecule has 0 bridgehead atoms. The minimum Gasteiger partial charge on any atom is -0.486 e. The van der Waals surface area contributed by atoms with E-state index in [9.17, 15) is 4.79 Å². The van der Waals surface area contributed by atoms with Gasteiger partial charge in [0, 0.05) is 20.6 Å². The van der Waals surface area contributed by atoms with Crippen molar-refractivity contribution in [1.29, 1.82) is 0 Å². The van der Waals surface area contributed by atoms with E-state index in [4.69, 9.17) is 27.9 Å². The molecule has 1 amide bonds. The minimum absolute atomic E-state index is 0.286. The molecule has 0 aliphatic rings. The molecule has 29 heavy (non-hydrogen) atoms. The molecule has 8 heteroatoms. The van der Waals surface area contributed by atoms with Crippen LogP contribution in [0, 0.1) is 0 Å². The highest BCUT2D eigenvalue weighted by Crippen LogP contribution is 2.35. The van der Waals surface area contributed by atoms with Crippen LogP contribution in [0.3, 0.4) is 0 Å². The lowest BCUT2D eigenvalue weighted by Crippen LogP contribution is -2.17. The van der Waals surface area contributed by atoms with Crippen LogP contribution >= 0.6 is 55.1 Å². The van der Waals surface area contributed by atoms with Gasteiger partial charge in [-0.25, -0.2) is 5.43 Å².